The number of carbonyl (C=O) groups is 2. The van der Waals surface area contributed by atoms with Crippen LogP contribution in [0.5, 0.6) is 0 Å². The summed E-state index contributed by atoms with van der Waals surface area (Å²) in [5, 5.41) is 10.2. The fourth-order valence-corrected chi connectivity index (χ4v) is 4.27. The van der Waals surface area contributed by atoms with Gasteiger partial charge >= 0.3 is 5.97 Å². The van der Waals surface area contributed by atoms with Crippen LogP contribution in [0, 0.1) is 6.92 Å². The molecule has 4 rings (SSSR count). The zero-order valence-electron chi connectivity index (χ0n) is 18.1. The van der Waals surface area contributed by atoms with E-state index in [0.29, 0.717) is 35.6 Å². The summed E-state index contributed by atoms with van der Waals surface area (Å²) in [6, 6.07) is 15.5. The molecule has 0 bridgehead atoms. The van der Waals surface area contributed by atoms with Crippen molar-refractivity contribution in [3.05, 3.63) is 64.7 Å². The number of carboxylic acids is 1. The number of aromatic nitrogens is 1. The SMILES string of the molecule is Cc1ccc(-c2cc(Cl)c3ccc(C(=O)N4CCN(CCCC(=O)O)CC4)cc3n2)cc1. The van der Waals surface area contributed by atoms with Crippen molar-refractivity contribution in [2.45, 2.75) is 19.8 Å². The van der Waals surface area contributed by atoms with Gasteiger partial charge in [0.1, 0.15) is 0 Å². The van der Waals surface area contributed by atoms with Gasteiger partial charge in [0.2, 0.25) is 0 Å². The molecule has 1 aliphatic heterocycles. The number of pyridine rings is 1. The van der Waals surface area contributed by atoms with Crippen LogP contribution in [0.4, 0.5) is 0 Å². The third-order valence-electron chi connectivity index (χ3n) is 5.88. The first kappa shape index (κ1) is 22.2. The lowest BCUT2D eigenvalue weighted by molar-refractivity contribution is -0.137. The summed E-state index contributed by atoms with van der Waals surface area (Å²) in [5.74, 6) is -0.787. The van der Waals surface area contributed by atoms with Gasteiger partial charge in [-0.25, -0.2) is 4.98 Å². The number of carbonyl (C=O) groups excluding carboxylic acids is 1. The smallest absolute Gasteiger partial charge is 0.303 e. The summed E-state index contributed by atoms with van der Waals surface area (Å²) in [7, 11) is 0. The number of hydrogen-bond acceptors (Lipinski definition) is 4. The van der Waals surface area contributed by atoms with E-state index in [-0.39, 0.29) is 12.3 Å². The monoisotopic (exact) mass is 451 g/mol. The van der Waals surface area contributed by atoms with Crippen LogP contribution in [-0.2, 0) is 4.79 Å². The predicted molar refractivity (Wildman–Crippen MR) is 126 cm³/mol. The zero-order valence-corrected chi connectivity index (χ0v) is 18.8. The highest BCUT2D eigenvalue weighted by atomic mass is 35.5. The molecule has 1 N–H and O–H groups in total. The largest absolute Gasteiger partial charge is 0.481 e. The maximum atomic E-state index is 13.1. The van der Waals surface area contributed by atoms with Gasteiger partial charge in [0.15, 0.2) is 0 Å². The van der Waals surface area contributed by atoms with Crippen LogP contribution in [0.1, 0.15) is 28.8 Å². The first-order chi connectivity index (χ1) is 15.4. The molecule has 7 heteroatoms. The van der Waals surface area contributed by atoms with E-state index in [0.717, 1.165) is 36.3 Å². The fraction of sp³-hybridized carbons (Fsp3) is 0.320. The Balaban J connectivity index is 1.49. The van der Waals surface area contributed by atoms with Crippen LogP contribution in [0.2, 0.25) is 5.02 Å². The van der Waals surface area contributed by atoms with Crippen molar-refractivity contribution in [3.8, 4) is 11.3 Å². The number of hydrogen-bond donors (Lipinski definition) is 1. The van der Waals surface area contributed by atoms with Gasteiger partial charge in [-0.15, -0.1) is 0 Å². The molecule has 1 aromatic heterocycles. The molecule has 166 valence electrons. The van der Waals surface area contributed by atoms with Crippen molar-refractivity contribution < 1.29 is 14.7 Å². The Bertz CT molecular complexity index is 1140. The second kappa shape index (κ2) is 9.67. The highest BCUT2D eigenvalue weighted by Crippen LogP contribution is 2.29. The standard InChI is InChI=1S/C25H26ClN3O3/c1-17-4-6-18(7-5-17)22-16-21(26)20-9-8-19(15-23(20)27-22)25(32)29-13-11-28(12-14-29)10-2-3-24(30)31/h4-9,15-16H,2-3,10-14H2,1H3,(H,30,31). The molecule has 2 aromatic carbocycles. The van der Waals surface area contributed by atoms with Crippen LogP contribution in [0.15, 0.2) is 48.5 Å². The third kappa shape index (κ3) is 5.09. The Hall–Kier alpha value is -2.96. The summed E-state index contributed by atoms with van der Waals surface area (Å²) in [5.41, 5.74) is 4.24. The predicted octanol–water partition coefficient (Wildman–Crippen LogP) is 4.49. The summed E-state index contributed by atoms with van der Waals surface area (Å²) in [6.45, 7) is 5.54. The Kier molecular flexibility index (Phi) is 6.72. The quantitative estimate of drug-likeness (QED) is 0.597. The van der Waals surface area contributed by atoms with Crippen molar-refractivity contribution in [3.63, 3.8) is 0 Å². The molecule has 0 radical (unpaired) electrons. The number of fused-ring (bicyclic) bond motifs is 1. The molecule has 3 aromatic rings. The van der Waals surface area contributed by atoms with Gasteiger partial charge in [0, 0.05) is 49.1 Å². The first-order valence-electron chi connectivity index (χ1n) is 10.8. The molecule has 1 amide bonds. The van der Waals surface area contributed by atoms with E-state index >= 15 is 0 Å². The van der Waals surface area contributed by atoms with E-state index in [2.05, 4.69) is 4.90 Å². The van der Waals surface area contributed by atoms with E-state index in [1.54, 1.807) is 0 Å². The normalized spacial score (nSPS) is 14.6. The van der Waals surface area contributed by atoms with Crippen LogP contribution in [0.3, 0.4) is 0 Å². The molecule has 1 fully saturated rings. The van der Waals surface area contributed by atoms with Crippen molar-refractivity contribution in [1.82, 2.24) is 14.8 Å². The number of aliphatic carboxylic acids is 1. The molecule has 0 saturated carbocycles. The van der Waals surface area contributed by atoms with Crippen molar-refractivity contribution in [2.24, 2.45) is 0 Å². The Morgan fingerprint density at radius 2 is 1.75 bits per heavy atom. The van der Waals surface area contributed by atoms with Crippen LogP contribution in [-0.4, -0.2) is 64.5 Å². The molecule has 0 spiro atoms. The molecule has 0 atom stereocenters. The highest BCUT2D eigenvalue weighted by molar-refractivity contribution is 6.35. The van der Waals surface area contributed by atoms with E-state index < -0.39 is 5.97 Å². The lowest BCUT2D eigenvalue weighted by Gasteiger charge is -2.34. The molecule has 6 nitrogen and oxygen atoms in total. The van der Waals surface area contributed by atoms with Crippen LogP contribution < -0.4 is 0 Å². The summed E-state index contributed by atoms with van der Waals surface area (Å²) >= 11 is 6.52. The highest BCUT2D eigenvalue weighted by Gasteiger charge is 2.22. The minimum absolute atomic E-state index is 0.0178. The summed E-state index contributed by atoms with van der Waals surface area (Å²) in [4.78, 5) is 32.6. The molecule has 0 aliphatic carbocycles. The van der Waals surface area contributed by atoms with E-state index in [9.17, 15) is 9.59 Å². The Labute approximate surface area is 192 Å². The van der Waals surface area contributed by atoms with Gasteiger partial charge in [-0.2, -0.15) is 0 Å². The number of piperazine rings is 1. The van der Waals surface area contributed by atoms with E-state index in [1.165, 1.54) is 5.56 Å². The number of halogens is 1. The molecular formula is C25H26ClN3O3. The lowest BCUT2D eigenvalue weighted by atomic mass is 10.1. The van der Waals surface area contributed by atoms with Gasteiger partial charge in [0.25, 0.3) is 5.91 Å². The molecule has 2 heterocycles. The Morgan fingerprint density at radius 3 is 2.44 bits per heavy atom. The number of carboxylic acid groups (broad SMARTS) is 1. The number of nitrogens with zero attached hydrogens (tertiary/aromatic N) is 3. The molecular weight excluding hydrogens is 426 g/mol. The number of benzene rings is 2. The van der Waals surface area contributed by atoms with E-state index in [1.807, 2.05) is 60.4 Å². The third-order valence-corrected chi connectivity index (χ3v) is 6.19. The number of rotatable bonds is 6. The number of amides is 1. The van der Waals surface area contributed by atoms with Gasteiger partial charge in [-0.05, 0) is 38.1 Å². The molecule has 1 saturated heterocycles. The average Bonchev–Trinajstić information content (AvgIpc) is 2.79. The maximum Gasteiger partial charge on any atom is 0.303 e. The Morgan fingerprint density at radius 1 is 1.03 bits per heavy atom. The van der Waals surface area contributed by atoms with Crippen LogP contribution >= 0.6 is 11.6 Å². The number of aryl methyl sites for hydroxylation is 1. The van der Waals surface area contributed by atoms with Gasteiger partial charge in [-0.1, -0.05) is 47.5 Å². The first-order valence-corrected chi connectivity index (χ1v) is 11.2. The minimum atomic E-state index is -0.769. The van der Waals surface area contributed by atoms with Crippen LogP contribution in [0.25, 0.3) is 22.2 Å². The van der Waals surface area contributed by atoms with Crippen molar-refractivity contribution >= 4 is 34.4 Å². The van der Waals surface area contributed by atoms with Gasteiger partial charge in [0.05, 0.1) is 16.2 Å². The van der Waals surface area contributed by atoms with Gasteiger partial charge in [-0.3, -0.25) is 14.5 Å². The maximum absolute atomic E-state index is 13.1. The van der Waals surface area contributed by atoms with E-state index in [4.69, 9.17) is 21.7 Å². The van der Waals surface area contributed by atoms with Gasteiger partial charge < -0.3 is 10.0 Å². The molecule has 0 unspecified atom stereocenters. The topological polar surface area (TPSA) is 73.7 Å². The summed E-state index contributed by atoms with van der Waals surface area (Å²) in [6.07, 6.45) is 0.806. The van der Waals surface area contributed by atoms with Crippen molar-refractivity contribution in [2.75, 3.05) is 32.7 Å². The minimum Gasteiger partial charge on any atom is -0.481 e. The zero-order chi connectivity index (χ0) is 22.7. The summed E-state index contributed by atoms with van der Waals surface area (Å²) < 4.78 is 0. The molecule has 1 aliphatic rings. The molecule has 32 heavy (non-hydrogen) atoms. The second-order valence-electron chi connectivity index (χ2n) is 8.22. The fourth-order valence-electron chi connectivity index (χ4n) is 4.00. The van der Waals surface area contributed by atoms with Crippen molar-refractivity contribution in [1.29, 1.82) is 0 Å². The second-order valence-corrected chi connectivity index (χ2v) is 8.63. The average molecular weight is 452 g/mol. The lowest BCUT2D eigenvalue weighted by Crippen LogP contribution is -2.48.